The molecule has 120 valence electrons. The Morgan fingerprint density at radius 1 is 1.13 bits per heavy atom. The molecule has 0 aliphatic heterocycles. The van der Waals surface area contributed by atoms with Crippen LogP contribution in [0.3, 0.4) is 0 Å². The summed E-state index contributed by atoms with van der Waals surface area (Å²) in [6.45, 7) is 2.10. The number of halogens is 1. The predicted octanol–water partition coefficient (Wildman–Crippen LogP) is 3.61. The fourth-order valence-electron chi connectivity index (χ4n) is 2.85. The third-order valence-corrected chi connectivity index (χ3v) is 4.29. The second-order valence-corrected chi connectivity index (χ2v) is 5.96. The number of guanidine groups is 1. The topological polar surface area (TPSA) is 36.4 Å². The van der Waals surface area contributed by atoms with Gasteiger partial charge in [-0.3, -0.25) is 4.99 Å². The lowest BCUT2D eigenvalue weighted by Gasteiger charge is -2.18. The zero-order valence-corrected chi connectivity index (χ0v) is 13.5. The van der Waals surface area contributed by atoms with E-state index in [4.69, 9.17) is 0 Å². The minimum absolute atomic E-state index is 0.123. The van der Waals surface area contributed by atoms with Crippen LogP contribution in [0, 0.1) is 5.82 Å². The van der Waals surface area contributed by atoms with Crippen LogP contribution >= 0.6 is 0 Å². The molecule has 1 saturated carbocycles. The Bertz CT molecular complexity index is 684. The summed E-state index contributed by atoms with van der Waals surface area (Å²) in [6.07, 6.45) is 0.932. The normalized spacial score (nSPS) is 21.6. The standard InChI is InChI=1S/C19H22FN3/c1-13(14-8-4-3-5-9-14)22-19(21-2)23-18-12-16(18)15-10-6-7-11-17(15)20/h3-11,13,16,18H,12H2,1-2H3,(H2,21,22,23). The van der Waals surface area contributed by atoms with Crippen LogP contribution in [0.15, 0.2) is 59.6 Å². The Labute approximate surface area is 136 Å². The van der Waals surface area contributed by atoms with E-state index in [9.17, 15) is 4.39 Å². The van der Waals surface area contributed by atoms with Crippen LogP contribution in [0.2, 0.25) is 0 Å². The number of hydrogen-bond acceptors (Lipinski definition) is 1. The zero-order chi connectivity index (χ0) is 16.2. The van der Waals surface area contributed by atoms with Gasteiger partial charge in [0.2, 0.25) is 0 Å². The monoisotopic (exact) mass is 311 g/mol. The van der Waals surface area contributed by atoms with E-state index in [0.717, 1.165) is 17.9 Å². The maximum atomic E-state index is 13.8. The molecule has 0 bridgehead atoms. The lowest BCUT2D eigenvalue weighted by Crippen LogP contribution is -2.40. The molecule has 0 aromatic heterocycles. The van der Waals surface area contributed by atoms with Crippen molar-refractivity contribution in [3.8, 4) is 0 Å². The van der Waals surface area contributed by atoms with Crippen LogP contribution in [0.5, 0.6) is 0 Å². The van der Waals surface area contributed by atoms with Crippen LogP contribution in [0.4, 0.5) is 4.39 Å². The van der Waals surface area contributed by atoms with Crippen molar-refractivity contribution in [1.29, 1.82) is 0 Å². The molecule has 0 spiro atoms. The van der Waals surface area contributed by atoms with Crippen molar-refractivity contribution in [2.45, 2.75) is 31.3 Å². The highest BCUT2D eigenvalue weighted by Gasteiger charge is 2.40. The van der Waals surface area contributed by atoms with Crippen molar-refractivity contribution < 1.29 is 4.39 Å². The summed E-state index contributed by atoms with van der Waals surface area (Å²) < 4.78 is 13.8. The molecule has 0 saturated heterocycles. The van der Waals surface area contributed by atoms with Crippen LogP contribution in [-0.2, 0) is 0 Å². The fraction of sp³-hybridized carbons (Fsp3) is 0.316. The van der Waals surface area contributed by atoms with E-state index in [1.807, 2.05) is 30.3 Å². The Morgan fingerprint density at radius 2 is 1.83 bits per heavy atom. The molecule has 1 aliphatic carbocycles. The van der Waals surface area contributed by atoms with E-state index in [1.54, 1.807) is 13.1 Å². The molecule has 2 aromatic carbocycles. The summed E-state index contributed by atoms with van der Waals surface area (Å²) in [5.41, 5.74) is 1.99. The Balaban J connectivity index is 1.58. The first-order valence-electron chi connectivity index (χ1n) is 7.98. The quantitative estimate of drug-likeness (QED) is 0.668. The van der Waals surface area contributed by atoms with Gasteiger partial charge in [0.1, 0.15) is 5.82 Å². The molecular weight excluding hydrogens is 289 g/mol. The summed E-state index contributed by atoms with van der Waals surface area (Å²) in [6, 6.07) is 17.6. The second-order valence-electron chi connectivity index (χ2n) is 5.96. The molecule has 1 aliphatic rings. The predicted molar refractivity (Wildman–Crippen MR) is 92.0 cm³/mol. The van der Waals surface area contributed by atoms with Crippen LogP contribution < -0.4 is 10.6 Å². The molecule has 0 radical (unpaired) electrons. The fourth-order valence-corrected chi connectivity index (χ4v) is 2.85. The molecule has 4 heteroatoms. The summed E-state index contributed by atoms with van der Waals surface area (Å²) in [7, 11) is 1.76. The average Bonchev–Trinajstić information content (AvgIpc) is 3.34. The van der Waals surface area contributed by atoms with Crippen LogP contribution in [-0.4, -0.2) is 19.0 Å². The molecular formula is C19H22FN3. The number of hydrogen-bond donors (Lipinski definition) is 2. The van der Waals surface area contributed by atoms with Gasteiger partial charge in [-0.05, 0) is 30.5 Å². The molecule has 3 unspecified atom stereocenters. The summed E-state index contributed by atoms with van der Waals surface area (Å²) in [5.74, 6) is 0.856. The van der Waals surface area contributed by atoms with Gasteiger partial charge in [0.05, 0.1) is 6.04 Å². The van der Waals surface area contributed by atoms with Crippen molar-refractivity contribution >= 4 is 5.96 Å². The number of rotatable bonds is 4. The van der Waals surface area contributed by atoms with E-state index in [2.05, 4.69) is 34.7 Å². The number of aliphatic imine (C=N–C) groups is 1. The first kappa shape index (κ1) is 15.5. The van der Waals surface area contributed by atoms with Crippen molar-refractivity contribution in [3.63, 3.8) is 0 Å². The van der Waals surface area contributed by atoms with Gasteiger partial charge in [-0.1, -0.05) is 48.5 Å². The minimum Gasteiger partial charge on any atom is -0.353 e. The third kappa shape index (κ3) is 3.70. The highest BCUT2D eigenvalue weighted by Crippen LogP contribution is 2.41. The van der Waals surface area contributed by atoms with Gasteiger partial charge in [0.25, 0.3) is 0 Å². The first-order valence-corrected chi connectivity index (χ1v) is 7.98. The van der Waals surface area contributed by atoms with Crippen molar-refractivity contribution in [3.05, 3.63) is 71.5 Å². The van der Waals surface area contributed by atoms with Gasteiger partial charge in [0.15, 0.2) is 5.96 Å². The molecule has 3 nitrogen and oxygen atoms in total. The highest BCUT2D eigenvalue weighted by molar-refractivity contribution is 5.81. The molecule has 23 heavy (non-hydrogen) atoms. The molecule has 0 heterocycles. The lowest BCUT2D eigenvalue weighted by molar-refractivity contribution is 0.607. The lowest BCUT2D eigenvalue weighted by atomic mass is 10.1. The van der Waals surface area contributed by atoms with E-state index in [1.165, 1.54) is 11.6 Å². The maximum absolute atomic E-state index is 13.8. The van der Waals surface area contributed by atoms with Gasteiger partial charge in [-0.15, -0.1) is 0 Å². The molecule has 2 N–H and O–H groups in total. The van der Waals surface area contributed by atoms with Gasteiger partial charge in [0, 0.05) is 19.0 Å². The third-order valence-electron chi connectivity index (χ3n) is 4.29. The first-order chi connectivity index (χ1) is 11.2. The maximum Gasteiger partial charge on any atom is 0.191 e. The summed E-state index contributed by atoms with van der Waals surface area (Å²) in [5, 5.41) is 6.78. The molecule has 1 fully saturated rings. The Kier molecular flexibility index (Phi) is 4.60. The van der Waals surface area contributed by atoms with Crippen LogP contribution in [0.25, 0.3) is 0 Å². The largest absolute Gasteiger partial charge is 0.353 e. The Hall–Kier alpha value is -2.36. The minimum atomic E-state index is -0.123. The van der Waals surface area contributed by atoms with Crippen molar-refractivity contribution in [1.82, 2.24) is 10.6 Å². The van der Waals surface area contributed by atoms with Gasteiger partial charge in [-0.2, -0.15) is 0 Å². The van der Waals surface area contributed by atoms with Gasteiger partial charge in [-0.25, -0.2) is 4.39 Å². The van der Waals surface area contributed by atoms with Gasteiger partial charge < -0.3 is 10.6 Å². The molecule has 3 atom stereocenters. The number of nitrogens with zero attached hydrogens (tertiary/aromatic N) is 1. The van der Waals surface area contributed by atoms with E-state index in [0.29, 0.717) is 0 Å². The molecule has 3 rings (SSSR count). The average molecular weight is 311 g/mol. The summed E-state index contributed by atoms with van der Waals surface area (Å²) in [4.78, 5) is 4.28. The van der Waals surface area contributed by atoms with E-state index < -0.39 is 0 Å². The van der Waals surface area contributed by atoms with Crippen LogP contribution in [0.1, 0.15) is 36.4 Å². The number of nitrogens with one attached hydrogen (secondary N) is 2. The Morgan fingerprint density at radius 3 is 2.52 bits per heavy atom. The SMILES string of the molecule is CN=C(NC(C)c1ccccc1)NC1CC1c1ccccc1F. The molecule has 2 aromatic rings. The summed E-state index contributed by atoms with van der Waals surface area (Å²) >= 11 is 0. The van der Waals surface area contributed by atoms with E-state index in [-0.39, 0.29) is 23.8 Å². The van der Waals surface area contributed by atoms with Gasteiger partial charge >= 0.3 is 0 Å². The molecule has 0 amide bonds. The van der Waals surface area contributed by atoms with Crippen molar-refractivity contribution in [2.24, 2.45) is 4.99 Å². The smallest absolute Gasteiger partial charge is 0.191 e. The van der Waals surface area contributed by atoms with Crippen molar-refractivity contribution in [2.75, 3.05) is 7.05 Å². The number of benzene rings is 2. The highest BCUT2D eigenvalue weighted by atomic mass is 19.1. The second kappa shape index (κ2) is 6.82. The zero-order valence-electron chi connectivity index (χ0n) is 13.5. The van der Waals surface area contributed by atoms with E-state index >= 15 is 0 Å².